The van der Waals surface area contributed by atoms with Gasteiger partial charge in [-0.3, -0.25) is 9.52 Å². The molecule has 1 fully saturated rings. The molecule has 0 unspecified atom stereocenters. The fraction of sp³-hybridized carbons (Fsp3) is 0.345. The first-order valence-electron chi connectivity index (χ1n) is 13.0. The second-order valence-electron chi connectivity index (χ2n) is 9.86. The molecule has 39 heavy (non-hydrogen) atoms. The molecular formula is C29H33F2N3O4S. The van der Waals surface area contributed by atoms with E-state index < -0.39 is 45.0 Å². The lowest BCUT2D eigenvalue weighted by Crippen LogP contribution is -2.48. The van der Waals surface area contributed by atoms with E-state index in [1.54, 1.807) is 12.1 Å². The summed E-state index contributed by atoms with van der Waals surface area (Å²) in [6.45, 7) is 2.67. The maximum absolute atomic E-state index is 13.8. The highest BCUT2D eigenvalue weighted by atomic mass is 32.2. The standard InChI is InChI=1S/C29H33F2N3O4S/c1-2-19-5-3-6-20(11-19)17-32-18-28(35)27(14-21-12-23(30)16-24(31)13-21)33-29(36)22-7-4-8-25(15-22)34-39(37,38)26-9-10-26/h3-8,11-13,15-16,26-28,32,34-35H,2,9-10,14,17-18H2,1H3,(H,33,36)/t27-,28+/m0/s1. The van der Waals surface area contributed by atoms with Crippen LogP contribution in [0.5, 0.6) is 0 Å². The number of hydrogen-bond acceptors (Lipinski definition) is 5. The van der Waals surface area contributed by atoms with E-state index in [2.05, 4.69) is 28.3 Å². The van der Waals surface area contributed by atoms with Gasteiger partial charge in [0, 0.05) is 30.4 Å². The van der Waals surface area contributed by atoms with E-state index in [1.807, 2.05) is 18.2 Å². The highest BCUT2D eigenvalue weighted by molar-refractivity contribution is 7.93. The van der Waals surface area contributed by atoms with Crippen molar-refractivity contribution in [1.29, 1.82) is 0 Å². The summed E-state index contributed by atoms with van der Waals surface area (Å²) in [5, 5.41) is 16.5. The van der Waals surface area contributed by atoms with E-state index in [1.165, 1.54) is 17.7 Å². The third-order valence-electron chi connectivity index (χ3n) is 6.59. The van der Waals surface area contributed by atoms with Gasteiger partial charge in [0.15, 0.2) is 0 Å². The summed E-state index contributed by atoms with van der Waals surface area (Å²) in [6, 6.07) is 16.3. The number of amides is 1. The van der Waals surface area contributed by atoms with E-state index in [4.69, 9.17) is 0 Å². The molecule has 1 aliphatic rings. The van der Waals surface area contributed by atoms with Crippen molar-refractivity contribution in [2.24, 2.45) is 0 Å². The highest BCUT2D eigenvalue weighted by Crippen LogP contribution is 2.29. The minimum atomic E-state index is -3.51. The molecule has 2 atom stereocenters. The molecule has 1 amide bonds. The molecule has 10 heteroatoms. The van der Waals surface area contributed by atoms with Crippen LogP contribution in [0, 0.1) is 11.6 Å². The monoisotopic (exact) mass is 557 g/mol. The Labute approximate surface area is 227 Å². The van der Waals surface area contributed by atoms with Gasteiger partial charge in [0.1, 0.15) is 11.6 Å². The molecule has 0 radical (unpaired) electrons. The van der Waals surface area contributed by atoms with Crippen LogP contribution >= 0.6 is 0 Å². The van der Waals surface area contributed by atoms with E-state index in [-0.39, 0.29) is 29.8 Å². The molecule has 1 saturated carbocycles. The van der Waals surface area contributed by atoms with Gasteiger partial charge in [-0.1, -0.05) is 37.3 Å². The third-order valence-corrected chi connectivity index (χ3v) is 8.46. The highest BCUT2D eigenvalue weighted by Gasteiger charge is 2.35. The predicted molar refractivity (Wildman–Crippen MR) is 147 cm³/mol. The fourth-order valence-corrected chi connectivity index (χ4v) is 5.71. The van der Waals surface area contributed by atoms with Crippen LogP contribution in [0.2, 0.25) is 0 Å². The SMILES string of the molecule is CCc1cccc(CNC[C@@H](O)[C@H](Cc2cc(F)cc(F)c2)NC(=O)c2cccc(NS(=O)(=O)C3CC3)c2)c1. The number of hydrogen-bond donors (Lipinski definition) is 4. The maximum atomic E-state index is 13.8. The number of rotatable bonds is 13. The molecule has 0 bridgehead atoms. The Morgan fingerprint density at radius 3 is 2.36 bits per heavy atom. The van der Waals surface area contributed by atoms with E-state index >= 15 is 0 Å². The number of sulfonamides is 1. The van der Waals surface area contributed by atoms with Crippen molar-refractivity contribution >= 4 is 21.6 Å². The van der Waals surface area contributed by atoms with Crippen molar-refractivity contribution in [3.05, 3.63) is 101 Å². The smallest absolute Gasteiger partial charge is 0.251 e. The lowest BCUT2D eigenvalue weighted by Gasteiger charge is -2.25. The van der Waals surface area contributed by atoms with Crippen LogP contribution in [-0.4, -0.2) is 43.4 Å². The van der Waals surface area contributed by atoms with Crippen LogP contribution in [0.25, 0.3) is 0 Å². The first kappa shape index (κ1) is 28.7. The number of aliphatic hydroxyl groups is 1. The summed E-state index contributed by atoms with van der Waals surface area (Å²) in [4.78, 5) is 13.1. The van der Waals surface area contributed by atoms with Crippen molar-refractivity contribution in [1.82, 2.24) is 10.6 Å². The summed E-state index contributed by atoms with van der Waals surface area (Å²) in [5.74, 6) is -2.07. The fourth-order valence-electron chi connectivity index (χ4n) is 4.33. The van der Waals surface area contributed by atoms with Gasteiger partial charge in [0.25, 0.3) is 5.91 Å². The molecule has 1 aliphatic carbocycles. The molecule has 208 valence electrons. The Morgan fingerprint density at radius 1 is 0.974 bits per heavy atom. The number of benzene rings is 3. The number of aliphatic hydroxyl groups excluding tert-OH is 1. The van der Waals surface area contributed by atoms with Crippen molar-refractivity contribution in [2.75, 3.05) is 11.3 Å². The number of halogens is 2. The van der Waals surface area contributed by atoms with Gasteiger partial charge in [-0.05, 0) is 72.7 Å². The number of carbonyl (C=O) groups excluding carboxylic acids is 1. The zero-order valence-corrected chi connectivity index (χ0v) is 22.5. The Morgan fingerprint density at radius 2 is 1.67 bits per heavy atom. The van der Waals surface area contributed by atoms with Gasteiger partial charge in [-0.2, -0.15) is 0 Å². The molecule has 0 aliphatic heterocycles. The topological polar surface area (TPSA) is 108 Å². The zero-order valence-electron chi connectivity index (χ0n) is 21.7. The van der Waals surface area contributed by atoms with Gasteiger partial charge in [0.2, 0.25) is 10.0 Å². The van der Waals surface area contributed by atoms with Crippen molar-refractivity contribution in [3.8, 4) is 0 Å². The summed E-state index contributed by atoms with van der Waals surface area (Å²) >= 11 is 0. The number of carbonyl (C=O) groups is 1. The molecule has 0 aromatic heterocycles. The van der Waals surface area contributed by atoms with E-state index in [0.717, 1.165) is 30.2 Å². The minimum Gasteiger partial charge on any atom is -0.390 e. The molecule has 0 saturated heterocycles. The maximum Gasteiger partial charge on any atom is 0.251 e. The van der Waals surface area contributed by atoms with Crippen molar-refractivity contribution in [2.45, 2.75) is 56.5 Å². The van der Waals surface area contributed by atoms with Crippen LogP contribution in [-0.2, 0) is 29.4 Å². The van der Waals surface area contributed by atoms with Gasteiger partial charge < -0.3 is 15.7 Å². The van der Waals surface area contributed by atoms with Gasteiger partial charge >= 0.3 is 0 Å². The number of anilines is 1. The van der Waals surface area contributed by atoms with Crippen molar-refractivity contribution < 1.29 is 27.1 Å². The molecule has 4 rings (SSSR count). The van der Waals surface area contributed by atoms with Crippen LogP contribution in [0.15, 0.2) is 66.7 Å². The quantitative estimate of drug-likeness (QED) is 0.255. The summed E-state index contributed by atoms with van der Waals surface area (Å²) < 4.78 is 54.8. The van der Waals surface area contributed by atoms with Crippen LogP contribution in [0.3, 0.4) is 0 Å². The van der Waals surface area contributed by atoms with Crippen molar-refractivity contribution in [3.63, 3.8) is 0 Å². The van der Waals surface area contributed by atoms with Crippen LogP contribution in [0.4, 0.5) is 14.5 Å². The van der Waals surface area contributed by atoms with Crippen LogP contribution < -0.4 is 15.4 Å². The Hall–Kier alpha value is -3.34. The zero-order chi connectivity index (χ0) is 28.0. The Kier molecular flexibility index (Phi) is 9.32. The van der Waals surface area contributed by atoms with Gasteiger partial charge in [0.05, 0.1) is 17.4 Å². The molecule has 0 heterocycles. The van der Waals surface area contributed by atoms with Crippen LogP contribution in [0.1, 0.15) is 46.8 Å². The molecular weight excluding hydrogens is 524 g/mol. The van der Waals surface area contributed by atoms with Gasteiger partial charge in [-0.25, -0.2) is 17.2 Å². The normalized spacial score (nSPS) is 15.0. The van der Waals surface area contributed by atoms with E-state index in [9.17, 15) is 27.1 Å². The van der Waals surface area contributed by atoms with E-state index in [0.29, 0.717) is 19.4 Å². The lowest BCUT2D eigenvalue weighted by molar-refractivity contribution is 0.0830. The minimum absolute atomic E-state index is 0.0252. The Bertz CT molecular complexity index is 1390. The first-order valence-corrected chi connectivity index (χ1v) is 14.5. The second-order valence-corrected chi connectivity index (χ2v) is 11.8. The summed E-state index contributed by atoms with van der Waals surface area (Å²) in [5.41, 5.74) is 2.95. The molecule has 3 aromatic rings. The first-order chi connectivity index (χ1) is 18.6. The number of nitrogens with one attached hydrogen (secondary N) is 3. The average Bonchev–Trinajstić information content (AvgIpc) is 3.74. The average molecular weight is 558 g/mol. The largest absolute Gasteiger partial charge is 0.390 e. The molecule has 3 aromatic carbocycles. The number of aryl methyl sites for hydroxylation is 1. The predicted octanol–water partition coefficient (Wildman–Crippen LogP) is 3.92. The summed E-state index contributed by atoms with van der Waals surface area (Å²) in [7, 11) is -3.51. The molecule has 0 spiro atoms. The van der Waals surface area contributed by atoms with Gasteiger partial charge in [-0.15, -0.1) is 0 Å². The lowest BCUT2D eigenvalue weighted by atomic mass is 10.00. The molecule has 7 nitrogen and oxygen atoms in total. The summed E-state index contributed by atoms with van der Waals surface area (Å²) in [6.07, 6.45) is 0.994. The molecule has 4 N–H and O–H groups in total. The second kappa shape index (κ2) is 12.7. The third kappa shape index (κ3) is 8.32. The Balaban J connectivity index is 1.46.